The summed E-state index contributed by atoms with van der Waals surface area (Å²) < 4.78 is 47.0. The van der Waals surface area contributed by atoms with Crippen molar-refractivity contribution in [2.24, 2.45) is 0 Å². The standard InChI is InChI=1S/C20H21B3F3NO4/c21-16(18(22)23)19(29)27-8-11-7-14(17-13(5-6-30-17)15(11)9-28)10-1-3-12(4-2-10)31-20(24,25)26/h1-4,7,28H,5-6,8-9,21-23H2,(H,27,29). The maximum atomic E-state index is 12.4. The van der Waals surface area contributed by atoms with Crippen LogP contribution >= 0.6 is 0 Å². The van der Waals surface area contributed by atoms with E-state index in [1.54, 1.807) is 13.9 Å². The van der Waals surface area contributed by atoms with E-state index in [9.17, 15) is 23.1 Å². The van der Waals surface area contributed by atoms with Crippen LogP contribution in [0, 0.1) is 0 Å². The third kappa shape index (κ3) is 5.28. The van der Waals surface area contributed by atoms with E-state index in [0.29, 0.717) is 40.9 Å². The van der Waals surface area contributed by atoms with Crippen LogP contribution in [0.4, 0.5) is 13.2 Å². The Balaban J connectivity index is 1.96. The van der Waals surface area contributed by atoms with E-state index < -0.39 is 6.36 Å². The average Bonchev–Trinajstić information content (AvgIpc) is 3.19. The fourth-order valence-electron chi connectivity index (χ4n) is 3.45. The molecule has 31 heavy (non-hydrogen) atoms. The van der Waals surface area contributed by atoms with E-state index >= 15 is 0 Å². The molecule has 3 rings (SSSR count). The normalized spacial score (nSPS) is 12.6. The van der Waals surface area contributed by atoms with Gasteiger partial charge in [-0.1, -0.05) is 12.1 Å². The lowest BCUT2D eigenvalue weighted by atomic mass is 9.69. The molecule has 0 radical (unpaired) electrons. The van der Waals surface area contributed by atoms with E-state index in [1.807, 2.05) is 15.7 Å². The monoisotopic (exact) mass is 429 g/mol. The number of hydrogen-bond donors (Lipinski definition) is 2. The molecule has 0 saturated carbocycles. The summed E-state index contributed by atoms with van der Waals surface area (Å²) in [5.74, 6) is 0.0883. The Hall–Kier alpha value is -2.81. The molecule has 1 aliphatic rings. The van der Waals surface area contributed by atoms with Gasteiger partial charge in [-0.05, 0) is 40.4 Å². The Morgan fingerprint density at radius 3 is 2.45 bits per heavy atom. The van der Waals surface area contributed by atoms with E-state index in [1.165, 1.54) is 24.3 Å². The topological polar surface area (TPSA) is 67.8 Å². The average molecular weight is 429 g/mol. The highest BCUT2D eigenvalue weighted by atomic mass is 19.4. The molecular weight excluding hydrogens is 408 g/mol. The molecule has 1 heterocycles. The molecule has 0 unspecified atom stereocenters. The predicted octanol–water partition coefficient (Wildman–Crippen LogP) is 0.364. The van der Waals surface area contributed by atoms with Crippen molar-refractivity contribution in [1.82, 2.24) is 5.32 Å². The molecule has 0 bridgehead atoms. The minimum atomic E-state index is -4.76. The van der Waals surface area contributed by atoms with Crippen molar-refractivity contribution in [2.75, 3.05) is 6.61 Å². The quantitative estimate of drug-likeness (QED) is 0.515. The number of nitrogens with one attached hydrogen (secondary N) is 1. The molecular formula is C20H21B3F3NO4. The molecule has 0 spiro atoms. The van der Waals surface area contributed by atoms with Crippen LogP contribution in [0.2, 0.25) is 0 Å². The highest BCUT2D eigenvalue weighted by Gasteiger charge is 2.31. The first-order valence-corrected chi connectivity index (χ1v) is 9.80. The first-order valence-electron chi connectivity index (χ1n) is 9.80. The minimum Gasteiger partial charge on any atom is -0.492 e. The predicted molar refractivity (Wildman–Crippen MR) is 118 cm³/mol. The van der Waals surface area contributed by atoms with Crippen molar-refractivity contribution in [3.05, 3.63) is 57.9 Å². The first-order chi connectivity index (χ1) is 14.6. The van der Waals surface area contributed by atoms with Crippen molar-refractivity contribution in [3.63, 3.8) is 0 Å². The van der Waals surface area contributed by atoms with Gasteiger partial charge in [-0.2, -0.15) is 0 Å². The number of carbonyl (C=O) groups is 1. The summed E-state index contributed by atoms with van der Waals surface area (Å²) in [5, 5.41) is 13.7. The van der Waals surface area contributed by atoms with Gasteiger partial charge >= 0.3 is 6.36 Å². The van der Waals surface area contributed by atoms with Crippen molar-refractivity contribution >= 4 is 29.4 Å². The van der Waals surface area contributed by atoms with Gasteiger partial charge in [-0.25, -0.2) is 0 Å². The summed E-state index contributed by atoms with van der Waals surface area (Å²) in [4.78, 5) is 12.3. The maximum absolute atomic E-state index is 12.4. The number of aliphatic hydroxyl groups excluding tert-OH is 1. The van der Waals surface area contributed by atoms with E-state index in [-0.39, 0.29) is 24.8 Å². The Bertz CT molecular complexity index is 1020. The third-order valence-electron chi connectivity index (χ3n) is 5.27. The Morgan fingerprint density at radius 1 is 1.19 bits per heavy atom. The number of fused-ring (bicyclic) bond motifs is 1. The zero-order valence-electron chi connectivity index (χ0n) is 17.5. The van der Waals surface area contributed by atoms with Crippen molar-refractivity contribution in [2.45, 2.75) is 25.9 Å². The Labute approximate surface area is 180 Å². The molecule has 1 amide bonds. The van der Waals surface area contributed by atoms with Gasteiger partial charge in [0.05, 0.1) is 13.2 Å². The number of amides is 1. The van der Waals surface area contributed by atoms with Gasteiger partial charge in [0.2, 0.25) is 5.91 Å². The van der Waals surface area contributed by atoms with Crippen LogP contribution in [0.3, 0.4) is 0 Å². The summed E-state index contributed by atoms with van der Waals surface area (Å²) in [6, 6.07) is 7.32. The van der Waals surface area contributed by atoms with E-state index in [0.717, 1.165) is 16.5 Å². The molecule has 0 aliphatic carbocycles. The molecule has 0 atom stereocenters. The van der Waals surface area contributed by atoms with E-state index in [2.05, 4.69) is 10.1 Å². The van der Waals surface area contributed by atoms with Gasteiger partial charge < -0.3 is 19.9 Å². The number of alkyl halides is 3. The van der Waals surface area contributed by atoms with Gasteiger partial charge in [0, 0.05) is 24.1 Å². The van der Waals surface area contributed by atoms with Gasteiger partial charge in [0.15, 0.2) is 0 Å². The van der Waals surface area contributed by atoms with Crippen LogP contribution in [0.25, 0.3) is 11.1 Å². The van der Waals surface area contributed by atoms with Crippen molar-refractivity contribution in [1.29, 1.82) is 0 Å². The lowest BCUT2D eigenvalue weighted by Crippen LogP contribution is -2.26. The molecule has 160 valence electrons. The number of ether oxygens (including phenoxy) is 2. The molecule has 0 aromatic heterocycles. The highest BCUT2D eigenvalue weighted by molar-refractivity contribution is 6.55. The number of hydrogen-bond acceptors (Lipinski definition) is 4. The van der Waals surface area contributed by atoms with E-state index in [4.69, 9.17) is 4.74 Å². The molecule has 5 nitrogen and oxygen atoms in total. The van der Waals surface area contributed by atoms with Crippen LogP contribution in [0.5, 0.6) is 11.5 Å². The summed E-state index contributed by atoms with van der Waals surface area (Å²) >= 11 is 0. The number of benzene rings is 2. The molecule has 1 aliphatic heterocycles. The molecule has 11 heteroatoms. The molecule has 0 saturated heterocycles. The SMILES string of the molecule is BC(B)=C(B)C(=O)NCc1cc(-c2ccc(OC(F)(F)F)cc2)c2c(c1CO)CCO2. The summed E-state index contributed by atoms with van der Waals surface area (Å²) in [5.41, 5.74) is 4.22. The number of halogens is 3. The zero-order chi connectivity index (χ0) is 22.8. The van der Waals surface area contributed by atoms with Gasteiger partial charge in [-0.3, -0.25) is 4.79 Å². The second-order valence-corrected chi connectivity index (χ2v) is 7.51. The number of aliphatic hydroxyl groups is 1. The number of rotatable bonds is 6. The minimum absolute atomic E-state index is 0.198. The fourth-order valence-corrected chi connectivity index (χ4v) is 3.45. The highest BCUT2D eigenvalue weighted by Crippen LogP contribution is 2.41. The lowest BCUT2D eigenvalue weighted by molar-refractivity contribution is -0.274. The van der Waals surface area contributed by atoms with Crippen LogP contribution in [0.15, 0.2) is 41.2 Å². The largest absolute Gasteiger partial charge is 0.573 e. The third-order valence-corrected chi connectivity index (χ3v) is 5.27. The van der Waals surface area contributed by atoms with Gasteiger partial charge in [-0.15, -0.1) is 18.5 Å². The molecule has 2 aromatic rings. The molecule has 2 aromatic carbocycles. The summed E-state index contributed by atoms with van der Waals surface area (Å²) in [6.45, 7) is 0.434. The van der Waals surface area contributed by atoms with Crippen LogP contribution < -0.4 is 14.8 Å². The molecule has 2 N–H and O–H groups in total. The fraction of sp³-hybridized carbons (Fsp3) is 0.250. The first kappa shape index (κ1) is 22.9. The molecule has 0 fully saturated rings. The lowest BCUT2D eigenvalue weighted by Gasteiger charge is -2.17. The zero-order valence-corrected chi connectivity index (χ0v) is 17.5. The summed E-state index contributed by atoms with van der Waals surface area (Å²) in [6.07, 6.45) is -4.16. The smallest absolute Gasteiger partial charge is 0.492 e. The van der Waals surface area contributed by atoms with Crippen molar-refractivity contribution in [3.8, 4) is 22.6 Å². The van der Waals surface area contributed by atoms with Gasteiger partial charge in [0.25, 0.3) is 0 Å². The van der Waals surface area contributed by atoms with Crippen LogP contribution in [0.1, 0.15) is 16.7 Å². The van der Waals surface area contributed by atoms with Gasteiger partial charge in [0.1, 0.15) is 35.0 Å². The Morgan fingerprint density at radius 2 is 1.87 bits per heavy atom. The Kier molecular flexibility index (Phi) is 6.74. The second-order valence-electron chi connectivity index (χ2n) is 7.51. The van der Waals surface area contributed by atoms with Crippen LogP contribution in [-0.4, -0.2) is 47.5 Å². The second kappa shape index (κ2) is 9.14. The van der Waals surface area contributed by atoms with Crippen molar-refractivity contribution < 1.29 is 32.5 Å². The maximum Gasteiger partial charge on any atom is 0.573 e. The van der Waals surface area contributed by atoms with Crippen LogP contribution in [-0.2, 0) is 24.4 Å². The number of carbonyl (C=O) groups excluding carboxylic acids is 1. The summed E-state index contributed by atoms with van der Waals surface area (Å²) in [7, 11) is 5.44.